The summed E-state index contributed by atoms with van der Waals surface area (Å²) in [5.74, 6) is 1.28. The average molecular weight is 280 g/mol. The fraction of sp³-hybridized carbons (Fsp3) is 0.875. The van der Waals surface area contributed by atoms with Crippen molar-refractivity contribution >= 4 is 11.8 Å². The van der Waals surface area contributed by atoms with E-state index in [-0.39, 0.29) is 23.9 Å². The third kappa shape index (κ3) is 3.97. The average Bonchev–Trinajstić information content (AvgIpc) is 3.18. The van der Waals surface area contributed by atoms with E-state index in [9.17, 15) is 9.59 Å². The quantitative estimate of drug-likeness (QED) is 0.812. The summed E-state index contributed by atoms with van der Waals surface area (Å²) < 4.78 is 0. The second kappa shape index (κ2) is 6.59. The highest BCUT2D eigenvalue weighted by atomic mass is 16.2. The highest BCUT2D eigenvalue weighted by Crippen LogP contribution is 2.34. The minimum atomic E-state index is -0.252. The lowest BCUT2D eigenvalue weighted by Crippen LogP contribution is -2.48. The molecule has 1 saturated heterocycles. The van der Waals surface area contributed by atoms with Crippen LogP contribution < -0.4 is 5.32 Å². The van der Waals surface area contributed by atoms with Crippen LogP contribution in [0.15, 0.2) is 0 Å². The van der Waals surface area contributed by atoms with E-state index in [1.54, 1.807) is 0 Å². The van der Waals surface area contributed by atoms with Crippen molar-refractivity contribution in [2.45, 2.75) is 71.4 Å². The number of rotatable bonds is 6. The first kappa shape index (κ1) is 15.3. The first-order valence-corrected chi connectivity index (χ1v) is 8.09. The van der Waals surface area contributed by atoms with Crippen LogP contribution in [-0.2, 0) is 9.59 Å². The van der Waals surface area contributed by atoms with E-state index < -0.39 is 0 Å². The smallest absolute Gasteiger partial charge is 0.245 e. The summed E-state index contributed by atoms with van der Waals surface area (Å²) >= 11 is 0. The van der Waals surface area contributed by atoms with Gasteiger partial charge >= 0.3 is 0 Å². The van der Waals surface area contributed by atoms with E-state index in [4.69, 9.17) is 0 Å². The summed E-state index contributed by atoms with van der Waals surface area (Å²) in [5.41, 5.74) is 0. The van der Waals surface area contributed by atoms with E-state index in [0.29, 0.717) is 24.8 Å². The maximum atomic E-state index is 12.6. The Kier molecular flexibility index (Phi) is 5.06. The fourth-order valence-corrected chi connectivity index (χ4v) is 2.98. The number of carbonyl (C=O) groups excluding carboxylic acids is 2. The lowest BCUT2D eigenvalue weighted by Gasteiger charge is -2.30. The minimum Gasteiger partial charge on any atom is -0.344 e. The molecular formula is C16H28N2O2. The standard InChI is InChI=1S/C16H28N2O2/c1-11(2)5-4-6-12(3)18-10-9-14(19)17-15(16(18)20)13-7-8-13/h11-13,15H,4-10H2,1-3H3,(H,17,19). The molecule has 0 spiro atoms. The van der Waals surface area contributed by atoms with Crippen LogP contribution in [0.3, 0.4) is 0 Å². The molecule has 0 aromatic carbocycles. The zero-order chi connectivity index (χ0) is 14.7. The normalized spacial score (nSPS) is 25.6. The Hall–Kier alpha value is -1.06. The van der Waals surface area contributed by atoms with Crippen LogP contribution in [0.2, 0.25) is 0 Å². The molecule has 4 nitrogen and oxygen atoms in total. The van der Waals surface area contributed by atoms with Gasteiger partial charge in [-0.2, -0.15) is 0 Å². The lowest BCUT2D eigenvalue weighted by molar-refractivity contribution is -0.136. The maximum absolute atomic E-state index is 12.6. The molecule has 114 valence electrons. The van der Waals surface area contributed by atoms with Gasteiger partial charge in [0.1, 0.15) is 6.04 Å². The number of amides is 2. The van der Waals surface area contributed by atoms with Crippen LogP contribution in [-0.4, -0.2) is 35.3 Å². The van der Waals surface area contributed by atoms with Gasteiger partial charge in [0.2, 0.25) is 11.8 Å². The molecule has 2 amide bonds. The van der Waals surface area contributed by atoms with Gasteiger partial charge in [0.15, 0.2) is 0 Å². The SMILES string of the molecule is CC(C)CCCC(C)N1CCC(=O)NC(C2CC2)C1=O. The Bertz CT molecular complexity index is 363. The molecule has 1 aliphatic heterocycles. The third-order valence-electron chi connectivity index (χ3n) is 4.47. The van der Waals surface area contributed by atoms with Crippen LogP contribution in [0.25, 0.3) is 0 Å². The number of nitrogens with zero attached hydrogens (tertiary/aromatic N) is 1. The second-order valence-electron chi connectivity index (χ2n) is 6.84. The van der Waals surface area contributed by atoms with E-state index in [2.05, 4.69) is 26.1 Å². The van der Waals surface area contributed by atoms with E-state index in [1.165, 1.54) is 6.42 Å². The van der Waals surface area contributed by atoms with Crippen LogP contribution in [0.5, 0.6) is 0 Å². The Morgan fingerprint density at radius 3 is 2.50 bits per heavy atom. The van der Waals surface area contributed by atoms with Crippen molar-refractivity contribution in [3.05, 3.63) is 0 Å². The molecule has 0 radical (unpaired) electrons. The molecular weight excluding hydrogens is 252 g/mol. The zero-order valence-corrected chi connectivity index (χ0v) is 13.0. The van der Waals surface area contributed by atoms with Gasteiger partial charge in [-0.3, -0.25) is 9.59 Å². The van der Waals surface area contributed by atoms with Gasteiger partial charge in [0.05, 0.1) is 0 Å². The molecule has 2 aliphatic rings. The molecule has 2 unspecified atom stereocenters. The molecule has 0 bridgehead atoms. The van der Waals surface area contributed by atoms with E-state index in [1.807, 2.05) is 4.90 Å². The van der Waals surface area contributed by atoms with Crippen LogP contribution in [0, 0.1) is 11.8 Å². The summed E-state index contributed by atoms with van der Waals surface area (Å²) in [6, 6.07) is -0.00671. The summed E-state index contributed by atoms with van der Waals surface area (Å²) in [6.45, 7) is 7.16. The van der Waals surface area contributed by atoms with Crippen LogP contribution in [0.4, 0.5) is 0 Å². The number of carbonyl (C=O) groups is 2. The predicted molar refractivity (Wildman–Crippen MR) is 79.1 cm³/mol. The van der Waals surface area contributed by atoms with Crippen molar-refractivity contribution in [1.82, 2.24) is 10.2 Å². The van der Waals surface area contributed by atoms with Crippen molar-refractivity contribution in [2.75, 3.05) is 6.54 Å². The van der Waals surface area contributed by atoms with Crippen molar-refractivity contribution in [1.29, 1.82) is 0 Å². The molecule has 2 atom stereocenters. The highest BCUT2D eigenvalue weighted by Gasteiger charge is 2.41. The van der Waals surface area contributed by atoms with Gasteiger partial charge in [0.25, 0.3) is 0 Å². The van der Waals surface area contributed by atoms with E-state index in [0.717, 1.165) is 25.7 Å². The maximum Gasteiger partial charge on any atom is 0.245 e. The molecule has 0 aromatic rings. The largest absolute Gasteiger partial charge is 0.344 e. The number of hydrogen-bond acceptors (Lipinski definition) is 2. The Morgan fingerprint density at radius 2 is 1.90 bits per heavy atom. The molecule has 20 heavy (non-hydrogen) atoms. The van der Waals surface area contributed by atoms with Crippen molar-refractivity contribution in [2.24, 2.45) is 11.8 Å². The van der Waals surface area contributed by atoms with Gasteiger partial charge in [-0.05, 0) is 38.0 Å². The van der Waals surface area contributed by atoms with Crippen LogP contribution in [0.1, 0.15) is 59.3 Å². The Morgan fingerprint density at radius 1 is 1.20 bits per heavy atom. The molecule has 2 fully saturated rings. The van der Waals surface area contributed by atoms with Gasteiger partial charge in [0, 0.05) is 19.0 Å². The van der Waals surface area contributed by atoms with Crippen LogP contribution >= 0.6 is 0 Å². The zero-order valence-electron chi connectivity index (χ0n) is 13.0. The van der Waals surface area contributed by atoms with Gasteiger partial charge in [-0.25, -0.2) is 0 Å². The molecule has 1 saturated carbocycles. The first-order chi connectivity index (χ1) is 9.49. The van der Waals surface area contributed by atoms with E-state index >= 15 is 0 Å². The third-order valence-corrected chi connectivity index (χ3v) is 4.47. The van der Waals surface area contributed by atoms with Gasteiger partial charge in [-0.15, -0.1) is 0 Å². The summed E-state index contributed by atoms with van der Waals surface area (Å²) in [6.07, 6.45) is 5.99. The Labute approximate surface area is 122 Å². The molecule has 0 aromatic heterocycles. The predicted octanol–water partition coefficient (Wildman–Crippen LogP) is 2.33. The summed E-state index contributed by atoms with van der Waals surface area (Å²) in [7, 11) is 0. The van der Waals surface area contributed by atoms with Crippen molar-refractivity contribution in [3.8, 4) is 0 Å². The molecule has 1 heterocycles. The van der Waals surface area contributed by atoms with Gasteiger partial charge in [-0.1, -0.05) is 26.7 Å². The topological polar surface area (TPSA) is 49.4 Å². The molecule has 1 N–H and O–H groups in total. The molecule has 1 aliphatic carbocycles. The highest BCUT2D eigenvalue weighted by molar-refractivity contribution is 5.90. The molecule has 4 heteroatoms. The lowest BCUT2D eigenvalue weighted by atomic mass is 10.0. The number of hydrogen-bond donors (Lipinski definition) is 1. The summed E-state index contributed by atoms with van der Waals surface area (Å²) in [4.78, 5) is 26.3. The summed E-state index contributed by atoms with van der Waals surface area (Å²) in [5, 5.41) is 2.92. The van der Waals surface area contributed by atoms with Crippen molar-refractivity contribution in [3.63, 3.8) is 0 Å². The van der Waals surface area contributed by atoms with Crippen molar-refractivity contribution < 1.29 is 9.59 Å². The van der Waals surface area contributed by atoms with Gasteiger partial charge < -0.3 is 10.2 Å². The monoisotopic (exact) mass is 280 g/mol. The minimum absolute atomic E-state index is 0.0344. The fourth-order valence-electron chi connectivity index (χ4n) is 2.98. The second-order valence-corrected chi connectivity index (χ2v) is 6.84. The Balaban J connectivity index is 1.93. The molecule has 2 rings (SSSR count). The first-order valence-electron chi connectivity index (χ1n) is 8.09. The number of nitrogens with one attached hydrogen (secondary N) is 1.